The lowest BCUT2D eigenvalue weighted by molar-refractivity contribution is 0.204. The van der Waals surface area contributed by atoms with E-state index in [9.17, 15) is 0 Å². The Morgan fingerprint density at radius 2 is 2.14 bits per heavy atom. The fourth-order valence-electron chi connectivity index (χ4n) is 2.10. The largest absolute Gasteiger partial charge is 0.335 e. The zero-order chi connectivity index (χ0) is 9.97. The number of rotatable bonds is 2. The molecule has 0 atom stereocenters. The fraction of sp³-hybridized carbons (Fsp3) is 0.727. The number of hydrogen-bond donors (Lipinski definition) is 0. The maximum Gasteiger partial charge on any atom is 0.0948 e. The van der Waals surface area contributed by atoms with Gasteiger partial charge < -0.3 is 9.47 Å². The number of hydrogen-bond acceptors (Lipinski definition) is 2. The standard InChI is InChI=1S/C11H19N3/c1-10-7-12-9-14(10)8-11-3-5-13(2)6-4-11/h7,9,11H,3-6,8H2,1-2H3. The van der Waals surface area contributed by atoms with Crippen LogP contribution in [0.4, 0.5) is 0 Å². The summed E-state index contributed by atoms with van der Waals surface area (Å²) < 4.78 is 2.27. The van der Waals surface area contributed by atoms with Gasteiger partial charge in [0.1, 0.15) is 0 Å². The van der Waals surface area contributed by atoms with Gasteiger partial charge in [0.2, 0.25) is 0 Å². The van der Waals surface area contributed by atoms with Crippen LogP contribution in [0, 0.1) is 12.8 Å². The molecule has 0 radical (unpaired) electrons. The Hall–Kier alpha value is -0.830. The van der Waals surface area contributed by atoms with E-state index in [-0.39, 0.29) is 0 Å². The number of likely N-dealkylation sites (tertiary alicyclic amines) is 1. The van der Waals surface area contributed by atoms with Crippen molar-refractivity contribution < 1.29 is 0 Å². The van der Waals surface area contributed by atoms with Crippen LogP contribution in [0.15, 0.2) is 12.5 Å². The van der Waals surface area contributed by atoms with Crippen molar-refractivity contribution >= 4 is 0 Å². The Morgan fingerprint density at radius 3 is 2.71 bits per heavy atom. The Bertz CT molecular complexity index is 284. The highest BCUT2D eigenvalue weighted by atomic mass is 15.1. The first-order valence-corrected chi connectivity index (χ1v) is 5.41. The second kappa shape index (κ2) is 4.13. The predicted octanol–water partition coefficient (Wildman–Crippen LogP) is 1.53. The van der Waals surface area contributed by atoms with Crippen molar-refractivity contribution in [2.45, 2.75) is 26.3 Å². The Morgan fingerprint density at radius 1 is 1.43 bits per heavy atom. The van der Waals surface area contributed by atoms with E-state index in [4.69, 9.17) is 0 Å². The zero-order valence-corrected chi connectivity index (χ0v) is 9.11. The quantitative estimate of drug-likeness (QED) is 0.710. The van der Waals surface area contributed by atoms with E-state index in [2.05, 4.69) is 28.4 Å². The van der Waals surface area contributed by atoms with Crippen molar-refractivity contribution in [1.82, 2.24) is 14.5 Å². The van der Waals surface area contributed by atoms with Crippen LogP contribution in [-0.4, -0.2) is 34.6 Å². The minimum Gasteiger partial charge on any atom is -0.335 e. The molecule has 1 aromatic heterocycles. The molecule has 1 aromatic rings. The molecule has 2 heterocycles. The van der Waals surface area contributed by atoms with Gasteiger partial charge in [-0.1, -0.05) is 0 Å². The molecule has 1 saturated heterocycles. The molecule has 0 amide bonds. The molecule has 2 rings (SSSR count). The van der Waals surface area contributed by atoms with Crippen LogP contribution >= 0.6 is 0 Å². The van der Waals surface area contributed by atoms with Crippen molar-refractivity contribution in [1.29, 1.82) is 0 Å². The molecule has 1 aliphatic heterocycles. The number of aryl methyl sites for hydroxylation is 1. The van der Waals surface area contributed by atoms with Gasteiger partial charge >= 0.3 is 0 Å². The summed E-state index contributed by atoms with van der Waals surface area (Å²) in [4.78, 5) is 6.57. The predicted molar refractivity (Wildman–Crippen MR) is 57.2 cm³/mol. The zero-order valence-electron chi connectivity index (χ0n) is 9.11. The highest BCUT2D eigenvalue weighted by molar-refractivity contribution is 4.94. The molecule has 3 heteroatoms. The fourth-order valence-corrected chi connectivity index (χ4v) is 2.10. The number of imidazole rings is 1. The minimum atomic E-state index is 0.846. The van der Waals surface area contributed by atoms with Crippen LogP contribution in [0.1, 0.15) is 18.5 Å². The summed E-state index contributed by atoms with van der Waals surface area (Å²) in [6.07, 6.45) is 6.55. The molecular formula is C11H19N3. The summed E-state index contributed by atoms with van der Waals surface area (Å²) in [6, 6.07) is 0. The Kier molecular flexibility index (Phi) is 2.87. The first-order chi connectivity index (χ1) is 6.75. The van der Waals surface area contributed by atoms with Crippen molar-refractivity contribution in [3.8, 4) is 0 Å². The van der Waals surface area contributed by atoms with E-state index >= 15 is 0 Å². The SMILES string of the molecule is Cc1cncn1CC1CCN(C)CC1. The van der Waals surface area contributed by atoms with Gasteiger partial charge in [0, 0.05) is 18.4 Å². The summed E-state index contributed by atoms with van der Waals surface area (Å²) in [5, 5.41) is 0. The molecule has 0 bridgehead atoms. The molecule has 0 saturated carbocycles. The lowest BCUT2D eigenvalue weighted by Crippen LogP contribution is -2.31. The van der Waals surface area contributed by atoms with Crippen LogP contribution in [0.2, 0.25) is 0 Å². The first-order valence-electron chi connectivity index (χ1n) is 5.41. The van der Waals surface area contributed by atoms with Crippen LogP contribution in [0.3, 0.4) is 0 Å². The van der Waals surface area contributed by atoms with E-state index in [1.165, 1.54) is 31.6 Å². The van der Waals surface area contributed by atoms with Gasteiger partial charge in [-0.3, -0.25) is 0 Å². The summed E-state index contributed by atoms with van der Waals surface area (Å²) >= 11 is 0. The monoisotopic (exact) mass is 193 g/mol. The van der Waals surface area contributed by atoms with Crippen LogP contribution in [0.25, 0.3) is 0 Å². The van der Waals surface area contributed by atoms with Gasteiger partial charge in [-0.25, -0.2) is 4.98 Å². The van der Waals surface area contributed by atoms with Gasteiger partial charge in [-0.2, -0.15) is 0 Å². The highest BCUT2D eigenvalue weighted by Crippen LogP contribution is 2.18. The maximum absolute atomic E-state index is 4.15. The van der Waals surface area contributed by atoms with Crippen molar-refractivity contribution in [3.05, 3.63) is 18.2 Å². The van der Waals surface area contributed by atoms with Gasteiger partial charge in [-0.05, 0) is 45.8 Å². The number of piperidine rings is 1. The topological polar surface area (TPSA) is 21.1 Å². The molecule has 0 spiro atoms. The Labute approximate surface area is 85.7 Å². The van der Waals surface area contributed by atoms with Crippen LogP contribution in [-0.2, 0) is 6.54 Å². The van der Waals surface area contributed by atoms with Gasteiger partial charge in [-0.15, -0.1) is 0 Å². The van der Waals surface area contributed by atoms with Gasteiger partial charge in [0.05, 0.1) is 6.33 Å². The summed E-state index contributed by atoms with van der Waals surface area (Å²) in [6.45, 7) is 5.78. The molecule has 78 valence electrons. The first kappa shape index (κ1) is 9.71. The maximum atomic E-state index is 4.15. The second-order valence-corrected chi connectivity index (χ2v) is 4.43. The van der Waals surface area contributed by atoms with E-state index in [1.807, 2.05) is 12.5 Å². The lowest BCUT2D eigenvalue weighted by atomic mass is 9.97. The summed E-state index contributed by atoms with van der Waals surface area (Å²) in [5.41, 5.74) is 1.28. The Balaban J connectivity index is 1.89. The molecule has 0 N–H and O–H groups in total. The molecule has 1 fully saturated rings. The van der Waals surface area contributed by atoms with Crippen molar-refractivity contribution in [2.75, 3.05) is 20.1 Å². The van der Waals surface area contributed by atoms with Crippen molar-refractivity contribution in [3.63, 3.8) is 0 Å². The molecular weight excluding hydrogens is 174 g/mol. The third kappa shape index (κ3) is 2.15. The smallest absolute Gasteiger partial charge is 0.0948 e. The normalized spacial score (nSPS) is 20.1. The lowest BCUT2D eigenvalue weighted by Gasteiger charge is -2.29. The minimum absolute atomic E-state index is 0.846. The second-order valence-electron chi connectivity index (χ2n) is 4.43. The summed E-state index contributed by atoms with van der Waals surface area (Å²) in [7, 11) is 2.21. The molecule has 0 unspecified atom stereocenters. The molecule has 1 aliphatic rings. The van der Waals surface area contributed by atoms with Gasteiger partial charge in [0.15, 0.2) is 0 Å². The third-order valence-electron chi connectivity index (χ3n) is 3.21. The molecule has 14 heavy (non-hydrogen) atoms. The van der Waals surface area contributed by atoms with Crippen LogP contribution < -0.4 is 0 Å². The van der Waals surface area contributed by atoms with E-state index in [0.29, 0.717) is 0 Å². The van der Waals surface area contributed by atoms with Gasteiger partial charge in [0.25, 0.3) is 0 Å². The summed E-state index contributed by atoms with van der Waals surface area (Å²) in [5.74, 6) is 0.846. The van der Waals surface area contributed by atoms with E-state index in [1.54, 1.807) is 0 Å². The average molecular weight is 193 g/mol. The number of aromatic nitrogens is 2. The van der Waals surface area contributed by atoms with Crippen molar-refractivity contribution in [2.24, 2.45) is 5.92 Å². The highest BCUT2D eigenvalue weighted by Gasteiger charge is 2.17. The molecule has 0 aliphatic carbocycles. The number of nitrogens with zero attached hydrogens (tertiary/aromatic N) is 3. The van der Waals surface area contributed by atoms with E-state index in [0.717, 1.165) is 12.5 Å². The molecule has 0 aromatic carbocycles. The average Bonchev–Trinajstić information content (AvgIpc) is 2.56. The molecule has 3 nitrogen and oxygen atoms in total. The van der Waals surface area contributed by atoms with E-state index < -0.39 is 0 Å². The third-order valence-corrected chi connectivity index (χ3v) is 3.21. The van der Waals surface area contributed by atoms with Crippen LogP contribution in [0.5, 0.6) is 0 Å².